The second-order valence-electron chi connectivity index (χ2n) is 9.34. The Bertz CT molecular complexity index is 1460. The lowest BCUT2D eigenvalue weighted by Gasteiger charge is -2.32. The zero-order valence-electron chi connectivity index (χ0n) is 20.9. The van der Waals surface area contributed by atoms with E-state index in [1.54, 1.807) is 24.3 Å². The SMILES string of the molecule is CC(=O)NCc1cccc(-c2nc3ccc(C(=O)N4CCN(C)CC4)cc3nc2-c2ccc(F)cc2)c1. The van der Waals surface area contributed by atoms with Crippen LogP contribution in [-0.2, 0) is 11.3 Å². The Kier molecular flexibility index (Phi) is 6.92. The molecule has 5 rings (SSSR count). The first kappa shape index (κ1) is 24.5. The summed E-state index contributed by atoms with van der Waals surface area (Å²) in [5, 5.41) is 2.81. The number of carbonyl (C=O) groups is 2. The number of fused-ring (bicyclic) bond motifs is 1. The summed E-state index contributed by atoms with van der Waals surface area (Å²) < 4.78 is 13.7. The predicted octanol–water partition coefficient (Wildman–Crippen LogP) is 4.13. The van der Waals surface area contributed by atoms with Crippen LogP contribution in [0, 0.1) is 5.82 Å². The highest BCUT2D eigenvalue weighted by atomic mass is 19.1. The molecule has 1 fully saturated rings. The van der Waals surface area contributed by atoms with Crippen molar-refractivity contribution < 1.29 is 14.0 Å². The van der Waals surface area contributed by atoms with Gasteiger partial charge in [0.1, 0.15) is 5.82 Å². The number of benzene rings is 3. The smallest absolute Gasteiger partial charge is 0.254 e. The maximum Gasteiger partial charge on any atom is 0.254 e. The molecule has 1 N–H and O–H groups in total. The topological polar surface area (TPSA) is 78.4 Å². The Hall–Kier alpha value is -4.17. The second kappa shape index (κ2) is 10.4. The molecule has 3 aromatic carbocycles. The van der Waals surface area contributed by atoms with Crippen LogP contribution in [0.25, 0.3) is 33.5 Å². The molecule has 1 aromatic heterocycles. The number of nitrogens with zero attached hydrogens (tertiary/aromatic N) is 4. The van der Waals surface area contributed by atoms with Crippen molar-refractivity contribution >= 4 is 22.8 Å². The van der Waals surface area contributed by atoms with Gasteiger partial charge in [-0.3, -0.25) is 9.59 Å². The summed E-state index contributed by atoms with van der Waals surface area (Å²) in [6, 6.07) is 19.3. The van der Waals surface area contributed by atoms with Crippen LogP contribution in [0.15, 0.2) is 66.7 Å². The lowest BCUT2D eigenvalue weighted by Crippen LogP contribution is -2.47. The van der Waals surface area contributed by atoms with Crippen molar-refractivity contribution in [2.75, 3.05) is 33.2 Å². The van der Waals surface area contributed by atoms with Crippen molar-refractivity contribution in [2.45, 2.75) is 13.5 Å². The summed E-state index contributed by atoms with van der Waals surface area (Å²) in [4.78, 5) is 38.5. The third-order valence-corrected chi connectivity index (χ3v) is 6.56. The quantitative estimate of drug-likeness (QED) is 0.449. The standard InChI is InChI=1S/C29H28FN5O2/c1-19(36)31-18-20-4-3-5-22(16-20)28-27(21-6-9-24(30)10-7-21)33-26-17-23(8-11-25(26)32-28)29(37)35-14-12-34(2)13-15-35/h3-11,16-17H,12-15,18H2,1-2H3,(H,31,36). The number of aromatic nitrogens is 2. The molecule has 37 heavy (non-hydrogen) atoms. The average molecular weight is 498 g/mol. The molecule has 1 aliphatic rings. The van der Waals surface area contributed by atoms with Crippen LogP contribution in [-0.4, -0.2) is 64.8 Å². The van der Waals surface area contributed by atoms with Crippen LogP contribution >= 0.6 is 0 Å². The Balaban J connectivity index is 1.58. The summed E-state index contributed by atoms with van der Waals surface area (Å²) in [7, 11) is 2.05. The Morgan fingerprint density at radius 1 is 0.865 bits per heavy atom. The highest BCUT2D eigenvalue weighted by Gasteiger charge is 2.21. The molecule has 2 amide bonds. The monoisotopic (exact) mass is 497 g/mol. The zero-order chi connectivity index (χ0) is 25.9. The van der Waals surface area contributed by atoms with Crippen LogP contribution in [0.3, 0.4) is 0 Å². The van der Waals surface area contributed by atoms with Gasteiger partial charge in [-0.25, -0.2) is 14.4 Å². The molecular formula is C29H28FN5O2. The van der Waals surface area contributed by atoms with E-state index in [-0.39, 0.29) is 17.6 Å². The van der Waals surface area contributed by atoms with E-state index in [1.807, 2.05) is 35.2 Å². The average Bonchev–Trinajstić information content (AvgIpc) is 2.91. The fourth-order valence-electron chi connectivity index (χ4n) is 4.44. The maximum absolute atomic E-state index is 13.7. The molecule has 1 aliphatic heterocycles. The van der Waals surface area contributed by atoms with Gasteiger partial charge in [0.15, 0.2) is 0 Å². The van der Waals surface area contributed by atoms with Crippen molar-refractivity contribution in [3.8, 4) is 22.5 Å². The largest absolute Gasteiger partial charge is 0.352 e. The van der Waals surface area contributed by atoms with Crippen molar-refractivity contribution in [3.05, 3.63) is 83.7 Å². The molecule has 0 radical (unpaired) electrons. The highest BCUT2D eigenvalue weighted by Crippen LogP contribution is 2.32. The number of carbonyl (C=O) groups excluding carboxylic acids is 2. The number of amides is 2. The van der Waals surface area contributed by atoms with Crippen LogP contribution in [0.1, 0.15) is 22.8 Å². The van der Waals surface area contributed by atoms with E-state index in [9.17, 15) is 14.0 Å². The van der Waals surface area contributed by atoms with E-state index in [0.29, 0.717) is 53.2 Å². The summed E-state index contributed by atoms with van der Waals surface area (Å²) in [6.07, 6.45) is 0. The number of piperazine rings is 1. The first-order chi connectivity index (χ1) is 17.9. The van der Waals surface area contributed by atoms with Crippen molar-refractivity contribution in [1.82, 2.24) is 25.1 Å². The van der Waals surface area contributed by atoms with Gasteiger partial charge >= 0.3 is 0 Å². The van der Waals surface area contributed by atoms with Crippen LogP contribution in [0.5, 0.6) is 0 Å². The normalized spacial score (nSPS) is 14.1. The fraction of sp³-hybridized carbons (Fsp3) is 0.241. The molecule has 0 unspecified atom stereocenters. The molecule has 0 spiro atoms. The summed E-state index contributed by atoms with van der Waals surface area (Å²) in [5.74, 6) is -0.462. The van der Waals surface area contributed by atoms with Crippen LogP contribution < -0.4 is 5.32 Å². The number of likely N-dealkylation sites (N-methyl/N-ethyl adjacent to an activating group) is 1. The molecule has 188 valence electrons. The Morgan fingerprint density at radius 3 is 2.30 bits per heavy atom. The number of hydrogen-bond donors (Lipinski definition) is 1. The number of hydrogen-bond acceptors (Lipinski definition) is 5. The van der Waals surface area contributed by atoms with Gasteiger partial charge in [0.05, 0.1) is 22.4 Å². The van der Waals surface area contributed by atoms with Gasteiger partial charge in [-0.2, -0.15) is 0 Å². The summed E-state index contributed by atoms with van der Waals surface area (Å²) in [5.41, 5.74) is 5.52. The van der Waals surface area contributed by atoms with Gasteiger partial charge in [-0.15, -0.1) is 0 Å². The van der Waals surface area contributed by atoms with Crippen molar-refractivity contribution in [1.29, 1.82) is 0 Å². The van der Waals surface area contributed by atoms with Crippen LogP contribution in [0.4, 0.5) is 4.39 Å². The van der Waals surface area contributed by atoms with Gasteiger partial charge < -0.3 is 15.1 Å². The molecular weight excluding hydrogens is 469 g/mol. The lowest BCUT2D eigenvalue weighted by atomic mass is 10.0. The van der Waals surface area contributed by atoms with E-state index >= 15 is 0 Å². The fourth-order valence-corrected chi connectivity index (χ4v) is 4.44. The van der Waals surface area contributed by atoms with E-state index in [2.05, 4.69) is 17.3 Å². The number of rotatable bonds is 5. The van der Waals surface area contributed by atoms with Gasteiger partial charge in [-0.1, -0.05) is 18.2 Å². The summed E-state index contributed by atoms with van der Waals surface area (Å²) in [6.45, 7) is 4.94. The molecule has 4 aromatic rings. The molecule has 2 heterocycles. The first-order valence-electron chi connectivity index (χ1n) is 12.3. The molecule has 0 bridgehead atoms. The lowest BCUT2D eigenvalue weighted by molar-refractivity contribution is -0.119. The molecule has 0 aliphatic carbocycles. The molecule has 7 nitrogen and oxygen atoms in total. The maximum atomic E-state index is 13.7. The Morgan fingerprint density at radius 2 is 1.57 bits per heavy atom. The molecule has 0 saturated carbocycles. The number of halogens is 1. The van der Waals surface area contributed by atoms with Gasteiger partial charge in [-0.05, 0) is 61.1 Å². The molecule has 0 atom stereocenters. The van der Waals surface area contributed by atoms with Gasteiger partial charge in [0.25, 0.3) is 5.91 Å². The van der Waals surface area contributed by atoms with E-state index in [4.69, 9.17) is 9.97 Å². The van der Waals surface area contributed by atoms with Gasteiger partial charge in [0.2, 0.25) is 5.91 Å². The van der Waals surface area contributed by atoms with E-state index in [0.717, 1.165) is 24.2 Å². The third kappa shape index (κ3) is 5.49. The molecule has 8 heteroatoms. The van der Waals surface area contributed by atoms with Crippen molar-refractivity contribution in [2.24, 2.45) is 0 Å². The highest BCUT2D eigenvalue weighted by molar-refractivity contribution is 5.98. The first-order valence-corrected chi connectivity index (χ1v) is 12.3. The minimum Gasteiger partial charge on any atom is -0.352 e. The zero-order valence-corrected chi connectivity index (χ0v) is 20.9. The molecule has 1 saturated heterocycles. The van der Waals surface area contributed by atoms with Gasteiger partial charge in [0, 0.05) is 56.3 Å². The van der Waals surface area contributed by atoms with E-state index in [1.165, 1.54) is 19.1 Å². The van der Waals surface area contributed by atoms with Crippen molar-refractivity contribution in [3.63, 3.8) is 0 Å². The summed E-state index contributed by atoms with van der Waals surface area (Å²) >= 11 is 0. The number of nitrogens with one attached hydrogen (secondary N) is 1. The van der Waals surface area contributed by atoms with E-state index < -0.39 is 0 Å². The minimum atomic E-state index is -0.337. The minimum absolute atomic E-state index is 0.0186. The van der Waals surface area contributed by atoms with Crippen LogP contribution in [0.2, 0.25) is 0 Å². The second-order valence-corrected chi connectivity index (χ2v) is 9.34. The predicted molar refractivity (Wildman–Crippen MR) is 141 cm³/mol. The Labute approximate surface area is 215 Å². The third-order valence-electron chi connectivity index (χ3n) is 6.56.